The average molecular weight is 449 g/mol. The highest BCUT2D eigenvalue weighted by Gasteiger charge is 2.17. The van der Waals surface area contributed by atoms with Crippen molar-refractivity contribution < 1.29 is 14.3 Å². The molecule has 0 spiro atoms. The third-order valence-electron chi connectivity index (χ3n) is 2.57. The van der Waals surface area contributed by atoms with Gasteiger partial charge in [0.1, 0.15) is 0 Å². The van der Waals surface area contributed by atoms with Gasteiger partial charge < -0.3 is 14.4 Å². The van der Waals surface area contributed by atoms with Crippen molar-refractivity contribution in [2.24, 2.45) is 0 Å². The number of nitrogens with zero attached hydrogens (tertiary/aromatic N) is 1. The Morgan fingerprint density at radius 2 is 1.77 bits per heavy atom. The van der Waals surface area contributed by atoms with E-state index in [1.165, 1.54) is 7.11 Å². The smallest absolute Gasteiger partial charge is 0.337 e. The van der Waals surface area contributed by atoms with Crippen LogP contribution in [0.4, 0.5) is 0 Å². The van der Waals surface area contributed by atoms with E-state index < -0.39 is 5.97 Å². The lowest BCUT2D eigenvalue weighted by atomic mass is 10.2. The van der Waals surface area contributed by atoms with Gasteiger partial charge in [0.15, 0.2) is 5.75 Å². The first-order chi connectivity index (χ1) is 10.4. The molecular formula is C15H15Br2NO3S. The molecule has 0 heterocycles. The van der Waals surface area contributed by atoms with Crippen LogP contribution in [0, 0.1) is 0 Å². The number of esters is 1. The first kappa shape index (κ1) is 18.9. The molecule has 1 aromatic rings. The molecule has 0 saturated carbocycles. The molecule has 7 heteroatoms. The van der Waals surface area contributed by atoms with Crippen LogP contribution in [0.1, 0.15) is 10.4 Å². The Morgan fingerprint density at radius 3 is 2.18 bits per heavy atom. The first-order valence-corrected chi connectivity index (χ1v) is 8.19. The van der Waals surface area contributed by atoms with E-state index in [9.17, 15) is 4.79 Å². The van der Waals surface area contributed by atoms with Gasteiger partial charge in [0.05, 0.1) is 21.6 Å². The van der Waals surface area contributed by atoms with Crippen molar-refractivity contribution in [3.8, 4) is 5.75 Å². The molecule has 0 aromatic heterocycles. The van der Waals surface area contributed by atoms with Crippen molar-refractivity contribution >= 4 is 55.2 Å². The van der Waals surface area contributed by atoms with Gasteiger partial charge in [0, 0.05) is 13.1 Å². The van der Waals surface area contributed by atoms with E-state index in [-0.39, 0.29) is 5.17 Å². The van der Waals surface area contributed by atoms with Crippen LogP contribution in [-0.2, 0) is 4.74 Å². The lowest BCUT2D eigenvalue weighted by Gasteiger charge is -2.22. The molecule has 0 N–H and O–H groups in total. The van der Waals surface area contributed by atoms with Gasteiger partial charge >= 0.3 is 5.97 Å². The summed E-state index contributed by atoms with van der Waals surface area (Å²) >= 11 is 12.0. The van der Waals surface area contributed by atoms with E-state index in [4.69, 9.17) is 21.7 Å². The minimum Gasteiger partial charge on any atom is -0.465 e. The number of carbonyl (C=O) groups is 1. The highest BCUT2D eigenvalue weighted by Crippen LogP contribution is 2.35. The van der Waals surface area contributed by atoms with Gasteiger partial charge in [0.2, 0.25) is 0 Å². The molecule has 22 heavy (non-hydrogen) atoms. The molecule has 0 bridgehead atoms. The number of hydrogen-bond donors (Lipinski definition) is 0. The summed E-state index contributed by atoms with van der Waals surface area (Å²) in [7, 11) is 1.33. The van der Waals surface area contributed by atoms with Crippen LogP contribution in [0.2, 0.25) is 0 Å². The molecule has 0 amide bonds. The summed E-state index contributed by atoms with van der Waals surface area (Å²) in [5.74, 6) is 0.0474. The second-order valence-electron chi connectivity index (χ2n) is 4.11. The zero-order chi connectivity index (χ0) is 16.7. The number of ether oxygens (including phenoxy) is 2. The Balaban J connectivity index is 3.02. The van der Waals surface area contributed by atoms with Crippen LogP contribution in [0.15, 0.2) is 46.4 Å². The normalized spacial score (nSPS) is 9.77. The fourth-order valence-electron chi connectivity index (χ4n) is 1.58. The average Bonchev–Trinajstić information content (AvgIpc) is 2.49. The number of carbonyl (C=O) groups excluding carboxylic acids is 1. The molecule has 1 rings (SSSR count). The van der Waals surface area contributed by atoms with Gasteiger partial charge in [-0.15, -0.1) is 13.2 Å². The van der Waals surface area contributed by atoms with Gasteiger partial charge in [-0.05, 0) is 56.2 Å². The Kier molecular flexibility index (Phi) is 7.78. The molecule has 0 aliphatic rings. The van der Waals surface area contributed by atoms with E-state index in [1.54, 1.807) is 29.2 Å². The van der Waals surface area contributed by atoms with Crippen LogP contribution in [0.3, 0.4) is 0 Å². The van der Waals surface area contributed by atoms with Crippen LogP contribution >= 0.6 is 44.1 Å². The number of halogens is 2. The zero-order valence-electron chi connectivity index (χ0n) is 12.0. The molecule has 0 aliphatic carbocycles. The van der Waals surface area contributed by atoms with E-state index >= 15 is 0 Å². The lowest BCUT2D eigenvalue weighted by molar-refractivity contribution is 0.0600. The number of hydrogen-bond acceptors (Lipinski definition) is 4. The molecule has 0 atom stereocenters. The monoisotopic (exact) mass is 447 g/mol. The topological polar surface area (TPSA) is 38.8 Å². The Morgan fingerprint density at radius 1 is 1.27 bits per heavy atom. The lowest BCUT2D eigenvalue weighted by Crippen LogP contribution is -2.33. The van der Waals surface area contributed by atoms with Gasteiger partial charge in [-0.3, -0.25) is 0 Å². The van der Waals surface area contributed by atoms with E-state index in [0.717, 1.165) is 0 Å². The summed E-state index contributed by atoms with van der Waals surface area (Å²) in [6.45, 7) is 8.46. The number of methoxy groups -OCH3 is 1. The van der Waals surface area contributed by atoms with Gasteiger partial charge in [-0.1, -0.05) is 12.2 Å². The molecular weight excluding hydrogens is 434 g/mol. The predicted octanol–water partition coefficient (Wildman–Crippen LogP) is 4.34. The maximum atomic E-state index is 11.6. The number of thiocarbonyl (C=S) groups is 1. The Hall–Kier alpha value is -1.18. The molecule has 1 aromatic carbocycles. The third-order valence-corrected chi connectivity index (χ3v) is 4.09. The zero-order valence-corrected chi connectivity index (χ0v) is 16.0. The predicted molar refractivity (Wildman–Crippen MR) is 98.4 cm³/mol. The number of rotatable bonds is 6. The summed E-state index contributed by atoms with van der Waals surface area (Å²) in [5.41, 5.74) is 0.397. The van der Waals surface area contributed by atoms with Gasteiger partial charge in [-0.2, -0.15) is 0 Å². The van der Waals surface area contributed by atoms with Gasteiger partial charge in [-0.25, -0.2) is 4.79 Å². The third kappa shape index (κ3) is 4.93. The molecule has 0 fully saturated rings. The van der Waals surface area contributed by atoms with Crippen molar-refractivity contribution in [2.75, 3.05) is 20.2 Å². The maximum Gasteiger partial charge on any atom is 0.337 e. The summed E-state index contributed by atoms with van der Waals surface area (Å²) < 4.78 is 11.6. The van der Waals surface area contributed by atoms with Gasteiger partial charge in [0.25, 0.3) is 5.17 Å². The number of benzene rings is 1. The van der Waals surface area contributed by atoms with Crippen molar-refractivity contribution in [1.29, 1.82) is 0 Å². The van der Waals surface area contributed by atoms with Crippen molar-refractivity contribution in [3.05, 3.63) is 52.0 Å². The Bertz CT molecular complexity index is 571. The quantitative estimate of drug-likeness (QED) is 0.367. The van der Waals surface area contributed by atoms with E-state index in [1.807, 2.05) is 0 Å². The van der Waals surface area contributed by atoms with Crippen LogP contribution < -0.4 is 4.74 Å². The minimum absolute atomic E-state index is 0.284. The molecule has 118 valence electrons. The summed E-state index contributed by atoms with van der Waals surface area (Å²) in [6.07, 6.45) is 3.45. The maximum absolute atomic E-state index is 11.6. The first-order valence-electron chi connectivity index (χ1n) is 6.20. The second-order valence-corrected chi connectivity index (χ2v) is 6.17. The molecule has 0 radical (unpaired) electrons. The summed E-state index contributed by atoms with van der Waals surface area (Å²) in [6, 6.07) is 3.22. The SMILES string of the molecule is C=CCN(CC=C)C(=S)Oc1c(Br)cc(C(=O)OC)cc1Br. The summed E-state index contributed by atoms with van der Waals surface area (Å²) in [5, 5.41) is 0.284. The Labute approximate surface area is 152 Å². The molecule has 0 saturated heterocycles. The van der Waals surface area contributed by atoms with Crippen molar-refractivity contribution in [1.82, 2.24) is 4.90 Å². The molecule has 0 unspecified atom stereocenters. The summed E-state index contributed by atoms with van der Waals surface area (Å²) in [4.78, 5) is 13.4. The standard InChI is InChI=1S/C15H15Br2NO3S/c1-4-6-18(7-5-2)15(22)21-13-11(16)8-10(9-12(13)17)14(19)20-3/h4-5,8-9H,1-2,6-7H2,3H3. The fourth-order valence-corrected chi connectivity index (χ4v) is 3.16. The minimum atomic E-state index is -0.435. The van der Waals surface area contributed by atoms with Crippen LogP contribution in [0.5, 0.6) is 5.75 Å². The van der Waals surface area contributed by atoms with Crippen molar-refractivity contribution in [2.45, 2.75) is 0 Å². The highest BCUT2D eigenvalue weighted by atomic mass is 79.9. The molecule has 0 aliphatic heterocycles. The van der Waals surface area contributed by atoms with Crippen LogP contribution in [-0.4, -0.2) is 36.2 Å². The molecule has 4 nitrogen and oxygen atoms in total. The van der Waals surface area contributed by atoms with E-state index in [0.29, 0.717) is 33.3 Å². The van der Waals surface area contributed by atoms with Crippen molar-refractivity contribution in [3.63, 3.8) is 0 Å². The fraction of sp³-hybridized carbons (Fsp3) is 0.200. The largest absolute Gasteiger partial charge is 0.465 e. The van der Waals surface area contributed by atoms with E-state index in [2.05, 4.69) is 45.0 Å². The highest BCUT2D eigenvalue weighted by molar-refractivity contribution is 9.11. The van der Waals surface area contributed by atoms with Crippen LogP contribution in [0.25, 0.3) is 0 Å². The second kappa shape index (κ2) is 9.07.